The Morgan fingerprint density at radius 3 is 2.48 bits per heavy atom. The Kier molecular flexibility index (Phi) is 6.79. The van der Waals surface area contributed by atoms with Crippen LogP contribution in [0.2, 0.25) is 0 Å². The number of anilines is 1. The van der Waals surface area contributed by atoms with E-state index >= 15 is 0 Å². The maximum absolute atomic E-state index is 13.0. The number of rotatable bonds is 7. The summed E-state index contributed by atoms with van der Waals surface area (Å²) in [5.74, 6) is 0.498. The van der Waals surface area contributed by atoms with Crippen molar-refractivity contribution in [3.63, 3.8) is 0 Å². The summed E-state index contributed by atoms with van der Waals surface area (Å²) in [5, 5.41) is 3.52. The largest absolute Gasteiger partial charge is 0.302 e. The molecule has 31 heavy (non-hydrogen) atoms. The second-order valence-corrected chi connectivity index (χ2v) is 11.6. The van der Waals surface area contributed by atoms with Crippen LogP contribution in [0.25, 0.3) is 10.4 Å². The van der Waals surface area contributed by atoms with E-state index < -0.39 is 10.0 Å². The normalized spacial score (nSPS) is 18.0. The molecule has 168 valence electrons. The van der Waals surface area contributed by atoms with Crippen molar-refractivity contribution in [3.8, 4) is 10.4 Å². The molecule has 1 aromatic heterocycles. The summed E-state index contributed by atoms with van der Waals surface area (Å²) in [7, 11) is -3.58. The summed E-state index contributed by atoms with van der Waals surface area (Å²) in [6.07, 6.45) is 9.18. The highest BCUT2D eigenvalue weighted by Crippen LogP contribution is 2.35. The minimum atomic E-state index is -3.58. The number of hydrogen-bond donors (Lipinski definition) is 2. The number of nitrogens with zero attached hydrogens (tertiary/aromatic N) is 1. The molecule has 4 rings (SSSR count). The minimum absolute atomic E-state index is 0.0140. The Labute approximate surface area is 188 Å². The summed E-state index contributed by atoms with van der Waals surface area (Å²) < 4.78 is 28.9. The van der Waals surface area contributed by atoms with Gasteiger partial charge in [0.05, 0.1) is 15.5 Å². The fraction of sp³-hybridized carbons (Fsp3) is 0.565. The molecule has 1 heterocycles. The summed E-state index contributed by atoms with van der Waals surface area (Å²) in [6, 6.07) is 5.53. The molecule has 2 fully saturated rings. The van der Waals surface area contributed by atoms with Gasteiger partial charge < -0.3 is 5.32 Å². The number of hydrogen-bond acceptors (Lipinski definition) is 5. The second kappa shape index (κ2) is 9.38. The van der Waals surface area contributed by atoms with Crippen molar-refractivity contribution < 1.29 is 13.2 Å². The number of sulfonamides is 1. The van der Waals surface area contributed by atoms with E-state index in [-0.39, 0.29) is 11.9 Å². The van der Waals surface area contributed by atoms with E-state index in [1.54, 1.807) is 6.07 Å². The van der Waals surface area contributed by atoms with Crippen molar-refractivity contribution in [1.82, 2.24) is 9.71 Å². The lowest BCUT2D eigenvalue weighted by Crippen LogP contribution is -2.33. The zero-order chi connectivity index (χ0) is 22.0. The van der Waals surface area contributed by atoms with Crippen molar-refractivity contribution in [2.45, 2.75) is 82.6 Å². The van der Waals surface area contributed by atoms with Crippen molar-refractivity contribution >= 4 is 32.4 Å². The minimum Gasteiger partial charge on any atom is -0.302 e. The monoisotopic (exact) mass is 461 g/mol. The Bertz CT molecular complexity index is 1050. The summed E-state index contributed by atoms with van der Waals surface area (Å²) >= 11 is 1.40. The van der Waals surface area contributed by atoms with Gasteiger partial charge in [0.1, 0.15) is 0 Å². The molecule has 0 bridgehead atoms. The molecule has 8 heteroatoms. The quantitative estimate of drug-likeness (QED) is 0.596. The molecule has 2 aliphatic carbocycles. The maximum atomic E-state index is 13.0. The van der Waals surface area contributed by atoms with E-state index in [0.29, 0.717) is 22.4 Å². The molecule has 1 aromatic carbocycles. The molecule has 2 aromatic rings. The SMILES string of the molecule is Cc1ccc(-c2sc(NC(=O)CC3CCCC3)nc2C)cc1S(=O)(=O)NC1CCCC1. The lowest BCUT2D eigenvalue weighted by Gasteiger charge is -2.15. The smallest absolute Gasteiger partial charge is 0.241 e. The van der Waals surface area contributed by atoms with Crippen LogP contribution in [0, 0.1) is 19.8 Å². The van der Waals surface area contributed by atoms with Gasteiger partial charge in [0.15, 0.2) is 5.13 Å². The highest BCUT2D eigenvalue weighted by atomic mass is 32.2. The average Bonchev–Trinajstić information content (AvgIpc) is 3.45. The molecule has 1 amide bonds. The maximum Gasteiger partial charge on any atom is 0.241 e. The van der Waals surface area contributed by atoms with E-state index in [9.17, 15) is 13.2 Å². The fourth-order valence-electron chi connectivity index (χ4n) is 4.72. The molecule has 2 N–H and O–H groups in total. The molecular formula is C23H31N3O3S2. The van der Waals surface area contributed by atoms with Gasteiger partial charge in [-0.25, -0.2) is 18.1 Å². The van der Waals surface area contributed by atoms with Gasteiger partial charge in [-0.3, -0.25) is 4.79 Å². The predicted octanol–water partition coefficient (Wildman–Crippen LogP) is 5.17. The molecule has 2 saturated carbocycles. The number of thiazole rings is 1. The summed E-state index contributed by atoms with van der Waals surface area (Å²) in [6.45, 7) is 3.71. The van der Waals surface area contributed by atoms with Crippen LogP contribution in [0.15, 0.2) is 23.1 Å². The highest BCUT2D eigenvalue weighted by molar-refractivity contribution is 7.89. The third-order valence-corrected chi connectivity index (χ3v) is 9.19. The number of aryl methyl sites for hydroxylation is 2. The van der Waals surface area contributed by atoms with E-state index in [4.69, 9.17) is 0 Å². The van der Waals surface area contributed by atoms with Crippen LogP contribution in [0.5, 0.6) is 0 Å². The number of carbonyl (C=O) groups is 1. The molecule has 0 aliphatic heterocycles. The van der Waals surface area contributed by atoms with Crippen LogP contribution in [0.4, 0.5) is 5.13 Å². The predicted molar refractivity (Wildman–Crippen MR) is 125 cm³/mol. The van der Waals surface area contributed by atoms with Gasteiger partial charge in [-0.2, -0.15) is 0 Å². The van der Waals surface area contributed by atoms with E-state index in [1.165, 1.54) is 24.2 Å². The second-order valence-electron chi connectivity index (χ2n) is 8.92. The number of aromatic nitrogens is 1. The van der Waals surface area contributed by atoms with Gasteiger partial charge >= 0.3 is 0 Å². The zero-order valence-corrected chi connectivity index (χ0v) is 19.9. The van der Waals surface area contributed by atoms with Gasteiger partial charge in [0.25, 0.3) is 0 Å². The Hall–Kier alpha value is -1.77. The number of nitrogens with one attached hydrogen (secondary N) is 2. The first-order valence-corrected chi connectivity index (χ1v) is 13.5. The van der Waals surface area contributed by atoms with Gasteiger partial charge in [-0.1, -0.05) is 49.2 Å². The fourth-order valence-corrected chi connectivity index (χ4v) is 7.28. The van der Waals surface area contributed by atoms with Crippen LogP contribution in [0.1, 0.15) is 69.0 Å². The molecule has 0 saturated heterocycles. The van der Waals surface area contributed by atoms with Crippen LogP contribution in [-0.2, 0) is 14.8 Å². The van der Waals surface area contributed by atoms with Gasteiger partial charge in [0.2, 0.25) is 15.9 Å². The average molecular weight is 462 g/mol. The van der Waals surface area contributed by atoms with E-state index in [2.05, 4.69) is 15.0 Å². The lowest BCUT2D eigenvalue weighted by atomic mass is 10.0. The molecule has 0 atom stereocenters. The lowest BCUT2D eigenvalue weighted by molar-refractivity contribution is -0.117. The third-order valence-electron chi connectivity index (χ3n) is 6.41. The Balaban J connectivity index is 1.53. The van der Waals surface area contributed by atoms with Crippen LogP contribution in [0.3, 0.4) is 0 Å². The van der Waals surface area contributed by atoms with Gasteiger partial charge in [-0.05, 0) is 62.6 Å². The first-order chi connectivity index (χ1) is 14.8. The topological polar surface area (TPSA) is 88.2 Å². The van der Waals surface area contributed by atoms with Crippen LogP contribution in [-0.4, -0.2) is 25.4 Å². The first kappa shape index (κ1) is 22.4. The summed E-state index contributed by atoms with van der Waals surface area (Å²) in [5.41, 5.74) is 2.32. The van der Waals surface area contributed by atoms with Crippen molar-refractivity contribution in [3.05, 3.63) is 29.5 Å². The summed E-state index contributed by atoms with van der Waals surface area (Å²) in [4.78, 5) is 18.1. The first-order valence-electron chi connectivity index (χ1n) is 11.2. The Morgan fingerprint density at radius 2 is 1.77 bits per heavy atom. The van der Waals surface area contributed by atoms with E-state index in [0.717, 1.165) is 60.2 Å². The number of benzene rings is 1. The third kappa shape index (κ3) is 5.35. The highest BCUT2D eigenvalue weighted by Gasteiger charge is 2.25. The standard InChI is InChI=1S/C23H31N3O3S2/c1-15-11-12-18(14-20(15)31(28,29)26-19-9-5-6-10-19)22-16(2)24-23(30-22)25-21(27)13-17-7-3-4-8-17/h11-12,14,17,19,26H,3-10,13H2,1-2H3,(H,24,25,27). The molecule has 0 radical (unpaired) electrons. The van der Waals surface area contributed by atoms with Crippen molar-refractivity contribution in [2.75, 3.05) is 5.32 Å². The molecular weight excluding hydrogens is 430 g/mol. The molecule has 6 nitrogen and oxygen atoms in total. The molecule has 0 spiro atoms. The van der Waals surface area contributed by atoms with Crippen molar-refractivity contribution in [2.24, 2.45) is 5.92 Å². The molecule has 0 unspecified atom stereocenters. The number of carbonyl (C=O) groups excluding carboxylic acids is 1. The van der Waals surface area contributed by atoms with Gasteiger partial charge in [0, 0.05) is 12.5 Å². The molecule has 2 aliphatic rings. The zero-order valence-electron chi connectivity index (χ0n) is 18.2. The number of amides is 1. The van der Waals surface area contributed by atoms with Crippen molar-refractivity contribution in [1.29, 1.82) is 0 Å². The van der Waals surface area contributed by atoms with Gasteiger partial charge in [-0.15, -0.1) is 0 Å². The Morgan fingerprint density at radius 1 is 1.10 bits per heavy atom. The van der Waals surface area contributed by atoms with Crippen LogP contribution >= 0.6 is 11.3 Å². The van der Waals surface area contributed by atoms with Crippen LogP contribution < -0.4 is 10.0 Å². The van der Waals surface area contributed by atoms with E-state index in [1.807, 2.05) is 26.0 Å².